The Kier molecular flexibility index (Phi) is 15.7. The number of amides is 1. The van der Waals surface area contributed by atoms with E-state index in [0.717, 1.165) is 43.6 Å². The van der Waals surface area contributed by atoms with Gasteiger partial charge in [-0.2, -0.15) is 0 Å². The van der Waals surface area contributed by atoms with E-state index in [-0.39, 0.29) is 5.91 Å². The molecule has 1 aliphatic heterocycles. The van der Waals surface area contributed by atoms with Crippen molar-refractivity contribution in [3.63, 3.8) is 0 Å². The van der Waals surface area contributed by atoms with Crippen molar-refractivity contribution in [1.29, 1.82) is 0 Å². The van der Waals surface area contributed by atoms with Crippen molar-refractivity contribution in [2.75, 3.05) is 32.7 Å². The fraction of sp³-hybridized carbons (Fsp3) is 0.846. The lowest BCUT2D eigenvalue weighted by Gasteiger charge is -2.33. The minimum Gasteiger partial charge on any atom is -0.351 e. The van der Waals surface area contributed by atoms with Crippen molar-refractivity contribution in [3.05, 3.63) is 12.2 Å². The van der Waals surface area contributed by atoms with Gasteiger partial charge in [0.05, 0.1) is 19.6 Å². The SMILES string of the molecule is CCCCCCCC/C=C/CCCCCCCC1=NCC[N+]1(CC)CCNC(C)=O. The lowest BCUT2D eigenvalue weighted by atomic mass is 10.1. The fourth-order valence-corrected chi connectivity index (χ4v) is 4.51. The highest BCUT2D eigenvalue weighted by atomic mass is 16.1. The first-order chi connectivity index (χ1) is 14.6. The minimum absolute atomic E-state index is 0.0687. The van der Waals surface area contributed by atoms with Crippen LogP contribution in [0.5, 0.6) is 0 Å². The van der Waals surface area contributed by atoms with Gasteiger partial charge in [-0.3, -0.25) is 9.28 Å². The Morgan fingerprint density at radius 2 is 1.53 bits per heavy atom. The standard InChI is InChI=1S/C26H49N3O/c1-4-6-7-8-9-10-11-12-13-14-15-16-17-18-19-20-26-28-22-24-29(26,5-2)23-21-27-25(3)30/h12-13H,4-11,14-24H2,1-3H3/p+1/b13-12+. The third kappa shape index (κ3) is 11.9. The molecule has 0 aliphatic carbocycles. The van der Waals surface area contributed by atoms with E-state index in [9.17, 15) is 4.79 Å². The molecule has 4 nitrogen and oxygen atoms in total. The summed E-state index contributed by atoms with van der Waals surface area (Å²) in [4.78, 5) is 16.0. The maximum Gasteiger partial charge on any atom is 0.217 e. The van der Waals surface area contributed by atoms with Crippen LogP contribution in [0.25, 0.3) is 0 Å². The predicted molar refractivity (Wildman–Crippen MR) is 131 cm³/mol. The molecule has 1 aliphatic rings. The summed E-state index contributed by atoms with van der Waals surface area (Å²) in [5, 5.41) is 2.96. The second kappa shape index (κ2) is 17.5. The van der Waals surface area contributed by atoms with Crippen molar-refractivity contribution < 1.29 is 9.28 Å². The molecule has 1 heterocycles. The summed E-state index contributed by atoms with van der Waals surface area (Å²) in [6.45, 7) is 11.0. The van der Waals surface area contributed by atoms with Crippen LogP contribution in [-0.2, 0) is 4.79 Å². The molecule has 1 amide bonds. The lowest BCUT2D eigenvalue weighted by molar-refractivity contribution is -0.833. The minimum atomic E-state index is 0.0687. The molecule has 0 aromatic carbocycles. The van der Waals surface area contributed by atoms with E-state index in [4.69, 9.17) is 4.99 Å². The van der Waals surface area contributed by atoms with Crippen LogP contribution in [0.3, 0.4) is 0 Å². The molecule has 1 rings (SSSR count). The molecule has 1 N–H and O–H groups in total. The number of rotatable bonds is 19. The summed E-state index contributed by atoms with van der Waals surface area (Å²) in [5.41, 5.74) is 0. The normalized spacial score (nSPS) is 18.8. The summed E-state index contributed by atoms with van der Waals surface area (Å²) >= 11 is 0. The number of carbonyl (C=O) groups excluding carboxylic acids is 1. The van der Waals surface area contributed by atoms with Crippen molar-refractivity contribution in [1.82, 2.24) is 5.32 Å². The van der Waals surface area contributed by atoms with E-state index in [1.165, 1.54) is 89.3 Å². The fourth-order valence-electron chi connectivity index (χ4n) is 4.51. The monoisotopic (exact) mass is 420 g/mol. The zero-order valence-corrected chi connectivity index (χ0v) is 20.4. The number of unbranched alkanes of at least 4 members (excludes halogenated alkanes) is 11. The highest BCUT2D eigenvalue weighted by Gasteiger charge is 2.35. The van der Waals surface area contributed by atoms with Crippen LogP contribution < -0.4 is 5.32 Å². The molecular weight excluding hydrogens is 370 g/mol. The first kappa shape index (κ1) is 26.9. The van der Waals surface area contributed by atoms with Crippen LogP contribution in [0.2, 0.25) is 0 Å². The topological polar surface area (TPSA) is 41.5 Å². The Labute approximate surface area is 187 Å². The first-order valence-corrected chi connectivity index (χ1v) is 12.9. The Hall–Kier alpha value is -1.16. The van der Waals surface area contributed by atoms with E-state index in [1.807, 2.05) is 0 Å². The highest BCUT2D eigenvalue weighted by molar-refractivity contribution is 5.77. The molecule has 0 fully saturated rings. The van der Waals surface area contributed by atoms with Gasteiger partial charge in [0.1, 0.15) is 13.1 Å². The molecule has 0 radical (unpaired) electrons. The van der Waals surface area contributed by atoms with Gasteiger partial charge in [0.2, 0.25) is 5.91 Å². The molecule has 30 heavy (non-hydrogen) atoms. The number of allylic oxidation sites excluding steroid dienone is 2. The molecule has 174 valence electrons. The second-order valence-electron chi connectivity index (χ2n) is 9.02. The van der Waals surface area contributed by atoms with Gasteiger partial charge < -0.3 is 5.32 Å². The zero-order valence-electron chi connectivity index (χ0n) is 20.4. The van der Waals surface area contributed by atoms with E-state index < -0.39 is 0 Å². The van der Waals surface area contributed by atoms with Gasteiger partial charge in [0.15, 0.2) is 5.84 Å². The van der Waals surface area contributed by atoms with Gasteiger partial charge in [-0.15, -0.1) is 0 Å². The van der Waals surface area contributed by atoms with E-state index in [2.05, 4.69) is 31.3 Å². The molecule has 4 heteroatoms. The van der Waals surface area contributed by atoms with Gasteiger partial charge in [0, 0.05) is 13.3 Å². The molecule has 1 unspecified atom stereocenters. The Balaban J connectivity index is 2.02. The third-order valence-electron chi connectivity index (χ3n) is 6.55. The maximum atomic E-state index is 11.2. The molecule has 0 spiro atoms. The zero-order chi connectivity index (χ0) is 21.9. The number of hydrogen-bond acceptors (Lipinski definition) is 2. The molecule has 0 aromatic rings. The molecule has 0 aromatic heterocycles. The number of aliphatic imine (C=N–C) groups is 1. The molecule has 0 saturated carbocycles. The average molecular weight is 421 g/mol. The Morgan fingerprint density at radius 1 is 0.933 bits per heavy atom. The number of quaternary nitrogens is 1. The van der Waals surface area contributed by atoms with Crippen molar-refractivity contribution >= 4 is 11.7 Å². The number of nitrogens with one attached hydrogen (secondary N) is 1. The summed E-state index contributed by atoms with van der Waals surface area (Å²) in [6.07, 6.45) is 23.4. The molecule has 0 bridgehead atoms. The van der Waals surface area contributed by atoms with E-state index >= 15 is 0 Å². The Bertz CT molecular complexity index is 501. The number of nitrogens with zero attached hydrogens (tertiary/aromatic N) is 2. The average Bonchev–Trinajstić information content (AvgIpc) is 3.13. The van der Waals surface area contributed by atoms with Crippen molar-refractivity contribution in [2.45, 2.75) is 111 Å². The molecule has 0 saturated heterocycles. The van der Waals surface area contributed by atoms with Crippen LogP contribution in [0, 0.1) is 0 Å². The lowest BCUT2D eigenvalue weighted by Crippen LogP contribution is -2.54. The smallest absolute Gasteiger partial charge is 0.217 e. The third-order valence-corrected chi connectivity index (χ3v) is 6.55. The molecular formula is C26H50N3O+. The van der Waals surface area contributed by atoms with Crippen LogP contribution in [-0.4, -0.2) is 48.9 Å². The van der Waals surface area contributed by atoms with Gasteiger partial charge in [-0.05, 0) is 39.0 Å². The van der Waals surface area contributed by atoms with Gasteiger partial charge in [-0.1, -0.05) is 70.4 Å². The van der Waals surface area contributed by atoms with Crippen LogP contribution in [0.1, 0.15) is 111 Å². The van der Waals surface area contributed by atoms with Crippen LogP contribution >= 0.6 is 0 Å². The number of likely N-dealkylation sites (N-methyl/N-ethyl adjacent to an activating group) is 1. The van der Waals surface area contributed by atoms with Gasteiger partial charge in [-0.25, -0.2) is 4.99 Å². The van der Waals surface area contributed by atoms with Gasteiger partial charge >= 0.3 is 0 Å². The van der Waals surface area contributed by atoms with E-state index in [1.54, 1.807) is 6.92 Å². The highest BCUT2D eigenvalue weighted by Crippen LogP contribution is 2.20. The summed E-state index contributed by atoms with van der Waals surface area (Å²) < 4.78 is 0.990. The Morgan fingerprint density at radius 3 is 2.13 bits per heavy atom. The largest absolute Gasteiger partial charge is 0.351 e. The quantitative estimate of drug-likeness (QED) is 0.146. The van der Waals surface area contributed by atoms with Gasteiger partial charge in [0.25, 0.3) is 0 Å². The summed E-state index contributed by atoms with van der Waals surface area (Å²) in [6, 6.07) is 0. The summed E-state index contributed by atoms with van der Waals surface area (Å²) in [5.74, 6) is 1.44. The number of hydrogen-bond donors (Lipinski definition) is 1. The van der Waals surface area contributed by atoms with Crippen molar-refractivity contribution in [3.8, 4) is 0 Å². The maximum absolute atomic E-state index is 11.2. The number of carbonyl (C=O) groups is 1. The molecule has 1 atom stereocenters. The van der Waals surface area contributed by atoms with E-state index in [0.29, 0.717) is 0 Å². The van der Waals surface area contributed by atoms with Crippen LogP contribution in [0.4, 0.5) is 0 Å². The summed E-state index contributed by atoms with van der Waals surface area (Å²) in [7, 11) is 0. The van der Waals surface area contributed by atoms with Crippen molar-refractivity contribution in [2.24, 2.45) is 4.99 Å². The second-order valence-corrected chi connectivity index (χ2v) is 9.02. The number of amidine groups is 1. The first-order valence-electron chi connectivity index (χ1n) is 12.9. The van der Waals surface area contributed by atoms with Crippen LogP contribution in [0.15, 0.2) is 17.1 Å². The predicted octanol–water partition coefficient (Wildman–Crippen LogP) is 6.41.